The minimum Gasteiger partial charge on any atom is -0.338 e. The monoisotopic (exact) mass is 372 g/mol. The predicted octanol–water partition coefficient (Wildman–Crippen LogP) is 3.63. The Bertz CT molecular complexity index is 774. The van der Waals surface area contributed by atoms with Crippen molar-refractivity contribution >= 4 is 0 Å². The van der Waals surface area contributed by atoms with Crippen LogP contribution in [0.25, 0.3) is 0 Å². The maximum atomic E-state index is 5.60. The first-order chi connectivity index (χ1) is 12.9. The standard InChI is InChI=1S/C20H32N6O/c1-14(18-21-19(24-27-18)20(2,3)4)25-11-8-9-15(13-25)17-23-22-16-10-6-5-7-12-26(16)17/h14-15H,5-13H2,1-4H3. The van der Waals surface area contributed by atoms with Gasteiger partial charge in [-0.3, -0.25) is 4.90 Å². The number of rotatable bonds is 3. The highest BCUT2D eigenvalue weighted by atomic mass is 16.5. The van der Waals surface area contributed by atoms with Gasteiger partial charge in [0.15, 0.2) is 5.82 Å². The summed E-state index contributed by atoms with van der Waals surface area (Å²) in [5, 5.41) is 13.3. The molecule has 4 rings (SSSR count). The van der Waals surface area contributed by atoms with E-state index in [1.54, 1.807) is 0 Å². The highest BCUT2D eigenvalue weighted by Gasteiger charge is 2.32. The van der Waals surface area contributed by atoms with Gasteiger partial charge in [-0.2, -0.15) is 4.98 Å². The molecule has 2 aliphatic rings. The first kappa shape index (κ1) is 18.6. The maximum Gasteiger partial charge on any atom is 0.243 e. The number of hydrogen-bond acceptors (Lipinski definition) is 6. The van der Waals surface area contributed by atoms with Crippen molar-refractivity contribution in [3.05, 3.63) is 23.4 Å². The van der Waals surface area contributed by atoms with Gasteiger partial charge in [0.1, 0.15) is 11.6 Å². The van der Waals surface area contributed by atoms with Gasteiger partial charge in [-0.15, -0.1) is 10.2 Å². The highest BCUT2D eigenvalue weighted by molar-refractivity contribution is 5.07. The first-order valence-electron chi connectivity index (χ1n) is 10.4. The van der Waals surface area contributed by atoms with E-state index < -0.39 is 0 Å². The van der Waals surface area contributed by atoms with Crippen LogP contribution in [0.3, 0.4) is 0 Å². The summed E-state index contributed by atoms with van der Waals surface area (Å²) in [5.74, 6) is 4.30. The Morgan fingerprint density at radius 2 is 1.93 bits per heavy atom. The molecule has 2 atom stereocenters. The zero-order chi connectivity index (χ0) is 19.0. The van der Waals surface area contributed by atoms with Crippen molar-refractivity contribution in [3.8, 4) is 0 Å². The van der Waals surface area contributed by atoms with E-state index in [9.17, 15) is 0 Å². The van der Waals surface area contributed by atoms with Crippen molar-refractivity contribution in [1.82, 2.24) is 29.8 Å². The molecular weight excluding hydrogens is 340 g/mol. The summed E-state index contributed by atoms with van der Waals surface area (Å²) in [5.41, 5.74) is -0.0923. The van der Waals surface area contributed by atoms with Gasteiger partial charge >= 0.3 is 0 Å². The molecule has 2 aromatic rings. The average molecular weight is 373 g/mol. The second kappa shape index (κ2) is 7.34. The molecule has 0 aromatic carbocycles. The molecule has 27 heavy (non-hydrogen) atoms. The molecule has 0 saturated carbocycles. The molecule has 0 radical (unpaired) electrons. The molecule has 148 valence electrons. The van der Waals surface area contributed by atoms with E-state index in [1.165, 1.54) is 37.3 Å². The Hall–Kier alpha value is -1.76. The van der Waals surface area contributed by atoms with Gasteiger partial charge in [-0.25, -0.2) is 0 Å². The molecule has 0 N–H and O–H groups in total. The summed E-state index contributed by atoms with van der Waals surface area (Å²) in [6.07, 6.45) is 7.18. The Labute approximate surface area is 161 Å². The largest absolute Gasteiger partial charge is 0.338 e. The number of fused-ring (bicyclic) bond motifs is 1. The van der Waals surface area contributed by atoms with Crippen molar-refractivity contribution in [2.45, 2.75) is 90.1 Å². The topological polar surface area (TPSA) is 72.9 Å². The lowest BCUT2D eigenvalue weighted by Crippen LogP contribution is -2.37. The fourth-order valence-electron chi connectivity index (χ4n) is 4.24. The molecule has 1 fully saturated rings. The maximum absolute atomic E-state index is 5.60. The number of aryl methyl sites for hydroxylation is 1. The third-order valence-electron chi connectivity index (χ3n) is 5.97. The zero-order valence-electron chi connectivity index (χ0n) is 17.1. The molecule has 7 nitrogen and oxygen atoms in total. The molecule has 0 bridgehead atoms. The van der Waals surface area contributed by atoms with Crippen LogP contribution >= 0.6 is 0 Å². The lowest BCUT2D eigenvalue weighted by atomic mass is 9.95. The van der Waals surface area contributed by atoms with Crippen LogP contribution in [0.1, 0.15) is 95.1 Å². The summed E-state index contributed by atoms with van der Waals surface area (Å²) >= 11 is 0. The third-order valence-corrected chi connectivity index (χ3v) is 5.97. The van der Waals surface area contributed by atoms with Crippen molar-refractivity contribution in [1.29, 1.82) is 0 Å². The molecule has 2 unspecified atom stereocenters. The molecule has 4 heterocycles. The minimum absolute atomic E-state index is 0.0923. The van der Waals surface area contributed by atoms with Crippen molar-refractivity contribution in [3.63, 3.8) is 0 Å². The van der Waals surface area contributed by atoms with Crippen LogP contribution in [0.4, 0.5) is 0 Å². The summed E-state index contributed by atoms with van der Waals surface area (Å²) < 4.78 is 8.00. The average Bonchev–Trinajstić information content (AvgIpc) is 3.23. The zero-order valence-corrected chi connectivity index (χ0v) is 17.1. The molecule has 0 amide bonds. The van der Waals surface area contributed by atoms with Crippen LogP contribution < -0.4 is 0 Å². The SMILES string of the molecule is CC(c1nc(C(C)(C)C)no1)N1CCCC(c2nnc3n2CCCCC3)C1. The van der Waals surface area contributed by atoms with Crippen LogP contribution in [-0.4, -0.2) is 42.9 Å². The lowest BCUT2D eigenvalue weighted by Gasteiger charge is -2.35. The van der Waals surface area contributed by atoms with E-state index >= 15 is 0 Å². The summed E-state index contributed by atoms with van der Waals surface area (Å²) in [6, 6.07) is 0.128. The summed E-state index contributed by atoms with van der Waals surface area (Å²) in [6.45, 7) is 11.6. The second-order valence-corrected chi connectivity index (χ2v) is 9.15. The molecule has 0 spiro atoms. The fourth-order valence-corrected chi connectivity index (χ4v) is 4.24. The third kappa shape index (κ3) is 3.79. The minimum atomic E-state index is -0.0923. The lowest BCUT2D eigenvalue weighted by molar-refractivity contribution is 0.129. The van der Waals surface area contributed by atoms with Gasteiger partial charge < -0.3 is 9.09 Å². The first-order valence-corrected chi connectivity index (χ1v) is 10.4. The van der Waals surface area contributed by atoms with Gasteiger partial charge in [0.25, 0.3) is 0 Å². The number of hydrogen-bond donors (Lipinski definition) is 0. The van der Waals surface area contributed by atoms with E-state index in [-0.39, 0.29) is 11.5 Å². The van der Waals surface area contributed by atoms with Crippen molar-refractivity contribution in [2.75, 3.05) is 13.1 Å². The van der Waals surface area contributed by atoms with Gasteiger partial charge in [0.05, 0.1) is 6.04 Å². The smallest absolute Gasteiger partial charge is 0.243 e. The van der Waals surface area contributed by atoms with E-state index in [4.69, 9.17) is 4.52 Å². The van der Waals surface area contributed by atoms with Crippen LogP contribution in [0.15, 0.2) is 4.52 Å². The normalized spacial score (nSPS) is 23.0. The van der Waals surface area contributed by atoms with E-state index in [0.717, 1.165) is 44.2 Å². The molecule has 7 heteroatoms. The molecule has 2 aliphatic heterocycles. The quantitative estimate of drug-likeness (QED) is 0.819. The Morgan fingerprint density at radius 1 is 1.07 bits per heavy atom. The Balaban J connectivity index is 1.50. The summed E-state index contributed by atoms with van der Waals surface area (Å²) in [7, 11) is 0. The molecule has 1 saturated heterocycles. The highest BCUT2D eigenvalue weighted by Crippen LogP contribution is 2.32. The van der Waals surface area contributed by atoms with Crippen LogP contribution in [-0.2, 0) is 18.4 Å². The number of aromatic nitrogens is 5. The van der Waals surface area contributed by atoms with Crippen molar-refractivity contribution < 1.29 is 4.52 Å². The Kier molecular flexibility index (Phi) is 5.05. The van der Waals surface area contributed by atoms with Crippen LogP contribution in [0, 0.1) is 0 Å². The molecule has 2 aromatic heterocycles. The number of piperidine rings is 1. The van der Waals surface area contributed by atoms with Gasteiger partial charge in [-0.05, 0) is 39.2 Å². The molecular formula is C20H32N6O. The number of likely N-dealkylation sites (tertiary alicyclic amines) is 1. The van der Waals surface area contributed by atoms with Gasteiger partial charge in [-0.1, -0.05) is 32.3 Å². The van der Waals surface area contributed by atoms with E-state index in [1.807, 2.05) is 0 Å². The summed E-state index contributed by atoms with van der Waals surface area (Å²) in [4.78, 5) is 7.14. The fraction of sp³-hybridized carbons (Fsp3) is 0.800. The van der Waals surface area contributed by atoms with Crippen molar-refractivity contribution in [2.24, 2.45) is 0 Å². The second-order valence-electron chi connectivity index (χ2n) is 9.15. The molecule has 0 aliphatic carbocycles. The predicted molar refractivity (Wildman–Crippen MR) is 103 cm³/mol. The van der Waals surface area contributed by atoms with Gasteiger partial charge in [0.2, 0.25) is 5.89 Å². The van der Waals surface area contributed by atoms with E-state index in [0.29, 0.717) is 5.92 Å². The van der Waals surface area contributed by atoms with Gasteiger partial charge in [0, 0.05) is 30.8 Å². The van der Waals surface area contributed by atoms with Crippen LogP contribution in [0.5, 0.6) is 0 Å². The van der Waals surface area contributed by atoms with E-state index in [2.05, 4.69) is 57.5 Å². The van der Waals surface area contributed by atoms with Crippen LogP contribution in [0.2, 0.25) is 0 Å². The Morgan fingerprint density at radius 3 is 2.70 bits per heavy atom. The number of nitrogens with zero attached hydrogens (tertiary/aromatic N) is 6.